The second kappa shape index (κ2) is 2.60. The van der Waals surface area contributed by atoms with E-state index < -0.39 is 0 Å². The van der Waals surface area contributed by atoms with E-state index >= 15 is 0 Å². The highest BCUT2D eigenvalue weighted by Crippen LogP contribution is 2.12. The quantitative estimate of drug-likeness (QED) is 0.438. The maximum atomic E-state index is 5.23. The minimum atomic E-state index is 0.0978. The van der Waals surface area contributed by atoms with Crippen LogP contribution in [0.4, 0.5) is 0 Å². The number of thiocarbonyl (C=S) groups is 1. The molecule has 0 spiro atoms. The Bertz CT molecular complexity index is 179. The van der Waals surface area contributed by atoms with Gasteiger partial charge in [0.15, 0.2) is 5.66 Å². The van der Waals surface area contributed by atoms with Crippen LogP contribution in [0.5, 0.6) is 0 Å². The zero-order chi connectivity index (χ0) is 8.65. The largest absolute Gasteiger partial charge is 0.292 e. The van der Waals surface area contributed by atoms with Crippen LogP contribution in [0.1, 0.15) is 20.8 Å². The second-order valence-electron chi connectivity index (χ2n) is 3.42. The summed E-state index contributed by atoms with van der Waals surface area (Å²) >= 11 is 5.23. The lowest BCUT2D eigenvalue weighted by atomic mass is 10.2. The predicted octanol–water partition coefficient (Wildman–Crippen LogP) is -0.247. The van der Waals surface area contributed by atoms with Gasteiger partial charge in [0.05, 0.1) is 7.05 Å². The van der Waals surface area contributed by atoms with Gasteiger partial charge in [-0.05, 0) is 19.1 Å². The maximum absolute atomic E-state index is 5.23. The van der Waals surface area contributed by atoms with Crippen molar-refractivity contribution < 1.29 is 5.43 Å². The van der Waals surface area contributed by atoms with Crippen LogP contribution in [0.15, 0.2) is 0 Å². The second-order valence-corrected chi connectivity index (χ2v) is 3.79. The zero-order valence-corrected chi connectivity index (χ0v) is 8.40. The van der Waals surface area contributed by atoms with Crippen LogP contribution in [0.3, 0.4) is 0 Å². The van der Waals surface area contributed by atoms with Crippen molar-refractivity contribution in [2.75, 3.05) is 13.6 Å². The van der Waals surface area contributed by atoms with Crippen molar-refractivity contribution in [1.29, 1.82) is 0 Å². The number of nitrogens with zero attached hydrogens (tertiary/aromatic N) is 2. The lowest BCUT2D eigenvalue weighted by molar-refractivity contribution is -0.826. The van der Waals surface area contributed by atoms with Gasteiger partial charge in [0.1, 0.15) is 0 Å². The first-order valence-corrected chi connectivity index (χ1v) is 4.30. The Morgan fingerprint density at radius 3 is 2.27 bits per heavy atom. The van der Waals surface area contributed by atoms with Crippen molar-refractivity contribution in [3.05, 3.63) is 0 Å². The fourth-order valence-corrected chi connectivity index (χ4v) is 2.00. The highest BCUT2D eigenvalue weighted by molar-refractivity contribution is 7.80. The highest BCUT2D eigenvalue weighted by Gasteiger charge is 2.41. The molecule has 11 heavy (non-hydrogen) atoms. The van der Waals surface area contributed by atoms with Gasteiger partial charge in [-0.25, -0.2) is 10.4 Å². The number of quaternary nitrogens is 1. The third-order valence-electron chi connectivity index (χ3n) is 2.05. The molecule has 0 aromatic heterocycles. The van der Waals surface area contributed by atoms with Crippen molar-refractivity contribution in [2.24, 2.45) is 0 Å². The van der Waals surface area contributed by atoms with E-state index in [1.54, 1.807) is 0 Å². The summed E-state index contributed by atoms with van der Waals surface area (Å²) in [4.78, 5) is 2.21. The van der Waals surface area contributed by atoms with E-state index in [0.717, 1.165) is 11.7 Å². The lowest BCUT2D eigenvalue weighted by Crippen LogP contribution is -2.99. The SMILES string of the molecule is CCN1C(=S)N(C)[NH2+]C1(C)C. The standard InChI is InChI=1S/C7H15N3S/c1-5-10-6(11)9(4)8-7(10,2)3/h8H,5H2,1-4H3/p+1. The van der Waals surface area contributed by atoms with Crippen LogP contribution < -0.4 is 5.43 Å². The Kier molecular flexibility index (Phi) is 2.07. The smallest absolute Gasteiger partial charge is 0.223 e. The monoisotopic (exact) mass is 174 g/mol. The van der Waals surface area contributed by atoms with Gasteiger partial charge >= 0.3 is 0 Å². The molecule has 1 rings (SSSR count). The van der Waals surface area contributed by atoms with E-state index in [2.05, 4.69) is 31.1 Å². The molecule has 0 amide bonds. The summed E-state index contributed by atoms with van der Waals surface area (Å²) < 4.78 is 0. The van der Waals surface area contributed by atoms with Gasteiger partial charge in [-0.2, -0.15) is 0 Å². The molecule has 2 N–H and O–H groups in total. The van der Waals surface area contributed by atoms with Gasteiger partial charge in [0.25, 0.3) is 0 Å². The van der Waals surface area contributed by atoms with Gasteiger partial charge in [-0.15, -0.1) is 0 Å². The van der Waals surface area contributed by atoms with Crippen LogP contribution in [0.25, 0.3) is 0 Å². The summed E-state index contributed by atoms with van der Waals surface area (Å²) in [6.07, 6.45) is 0. The van der Waals surface area contributed by atoms with E-state index in [0.29, 0.717) is 0 Å². The zero-order valence-electron chi connectivity index (χ0n) is 7.59. The molecule has 0 saturated carbocycles. The molecule has 0 unspecified atom stereocenters. The number of rotatable bonds is 1. The highest BCUT2D eigenvalue weighted by atomic mass is 32.1. The maximum Gasteiger partial charge on any atom is 0.223 e. The van der Waals surface area contributed by atoms with Gasteiger partial charge in [-0.3, -0.25) is 4.90 Å². The third kappa shape index (κ3) is 1.32. The molecule has 0 atom stereocenters. The van der Waals surface area contributed by atoms with E-state index in [9.17, 15) is 0 Å². The van der Waals surface area contributed by atoms with Crippen LogP contribution >= 0.6 is 12.2 Å². The fourth-order valence-electron chi connectivity index (χ4n) is 1.58. The lowest BCUT2D eigenvalue weighted by Gasteiger charge is -2.24. The third-order valence-corrected chi connectivity index (χ3v) is 2.56. The Balaban J connectivity index is 2.82. The molecule has 0 radical (unpaired) electrons. The molecule has 0 aromatic carbocycles. The topological polar surface area (TPSA) is 23.1 Å². The number of hydrogen-bond donors (Lipinski definition) is 1. The van der Waals surface area contributed by atoms with Crippen LogP contribution in [-0.2, 0) is 0 Å². The van der Waals surface area contributed by atoms with E-state index in [1.165, 1.54) is 0 Å². The minimum Gasteiger partial charge on any atom is -0.292 e. The number of hydrogen-bond acceptors (Lipinski definition) is 1. The van der Waals surface area contributed by atoms with Gasteiger partial charge in [-0.1, -0.05) is 0 Å². The van der Waals surface area contributed by atoms with Crippen molar-refractivity contribution in [3.8, 4) is 0 Å². The Morgan fingerprint density at radius 1 is 1.55 bits per heavy atom. The molecule has 0 aromatic rings. The van der Waals surface area contributed by atoms with Crippen LogP contribution in [0, 0.1) is 0 Å². The van der Waals surface area contributed by atoms with Gasteiger partial charge in [0, 0.05) is 20.4 Å². The van der Waals surface area contributed by atoms with Crippen molar-refractivity contribution in [2.45, 2.75) is 26.4 Å². The van der Waals surface area contributed by atoms with Crippen molar-refractivity contribution in [1.82, 2.24) is 9.91 Å². The first-order valence-electron chi connectivity index (χ1n) is 3.89. The van der Waals surface area contributed by atoms with Crippen molar-refractivity contribution in [3.63, 3.8) is 0 Å². The summed E-state index contributed by atoms with van der Waals surface area (Å²) in [5.74, 6) is 0. The van der Waals surface area contributed by atoms with Crippen LogP contribution in [0.2, 0.25) is 0 Å². The van der Waals surface area contributed by atoms with E-state index in [4.69, 9.17) is 12.2 Å². The summed E-state index contributed by atoms with van der Waals surface area (Å²) in [5, 5.41) is 2.94. The molecular formula is C7H16N3S+. The first kappa shape index (κ1) is 8.74. The summed E-state index contributed by atoms with van der Waals surface area (Å²) in [7, 11) is 2.00. The fraction of sp³-hybridized carbons (Fsp3) is 0.857. The average molecular weight is 174 g/mol. The molecule has 4 heteroatoms. The van der Waals surface area contributed by atoms with E-state index in [1.807, 2.05) is 12.1 Å². The average Bonchev–Trinajstić information content (AvgIpc) is 2.03. The molecule has 1 aliphatic heterocycles. The van der Waals surface area contributed by atoms with E-state index in [-0.39, 0.29) is 5.66 Å². The molecule has 0 aliphatic carbocycles. The van der Waals surface area contributed by atoms with Gasteiger partial charge in [0.2, 0.25) is 5.11 Å². The summed E-state index contributed by atoms with van der Waals surface area (Å²) in [6.45, 7) is 7.45. The molecule has 1 saturated heterocycles. The molecule has 1 aliphatic rings. The normalized spacial score (nSPS) is 23.1. The van der Waals surface area contributed by atoms with Crippen LogP contribution in [-0.4, -0.2) is 34.3 Å². The molecule has 0 bridgehead atoms. The molecule has 1 heterocycles. The Labute approximate surface area is 73.3 Å². The first-order chi connectivity index (χ1) is 4.99. The minimum absolute atomic E-state index is 0.0978. The molecule has 3 nitrogen and oxygen atoms in total. The Morgan fingerprint density at radius 2 is 2.09 bits per heavy atom. The molecule has 1 fully saturated rings. The molecule has 64 valence electrons. The summed E-state index contributed by atoms with van der Waals surface area (Å²) in [6, 6.07) is 0. The molecular weight excluding hydrogens is 158 g/mol. The predicted molar refractivity (Wildman–Crippen MR) is 48.7 cm³/mol. The van der Waals surface area contributed by atoms with Crippen molar-refractivity contribution >= 4 is 17.3 Å². The summed E-state index contributed by atoms with van der Waals surface area (Å²) in [5.41, 5.74) is 2.25. The Hall–Kier alpha value is -0.350. The van der Waals surface area contributed by atoms with Gasteiger partial charge < -0.3 is 0 Å². The number of nitrogens with two attached hydrogens (primary N) is 1.